The first-order valence-corrected chi connectivity index (χ1v) is 11.9. The van der Waals surface area contributed by atoms with Gasteiger partial charge in [-0.25, -0.2) is 0 Å². The fourth-order valence-electron chi connectivity index (χ4n) is 3.69. The van der Waals surface area contributed by atoms with Gasteiger partial charge in [-0.3, -0.25) is 9.59 Å². The minimum Gasteiger partial charge on any atom is -0.352 e. The van der Waals surface area contributed by atoms with E-state index in [1.54, 1.807) is 4.90 Å². The molecule has 0 bridgehead atoms. The van der Waals surface area contributed by atoms with Gasteiger partial charge in [0.15, 0.2) is 0 Å². The van der Waals surface area contributed by atoms with Crippen LogP contribution in [-0.4, -0.2) is 34.6 Å². The van der Waals surface area contributed by atoms with E-state index in [2.05, 4.69) is 5.32 Å². The molecule has 0 unspecified atom stereocenters. The fourth-order valence-corrected chi connectivity index (χ4v) is 4.60. The van der Waals surface area contributed by atoms with Crippen molar-refractivity contribution in [2.75, 3.05) is 5.75 Å². The number of benzene rings is 2. The first kappa shape index (κ1) is 22.7. The fraction of sp³-hybridized carbons (Fsp3) is 0.417. The van der Waals surface area contributed by atoms with Crippen LogP contribution in [0.5, 0.6) is 0 Å². The van der Waals surface area contributed by atoms with Crippen LogP contribution in [0, 0.1) is 0 Å². The summed E-state index contributed by atoms with van der Waals surface area (Å²) in [5.41, 5.74) is 1.01. The molecule has 1 saturated carbocycles. The van der Waals surface area contributed by atoms with Crippen LogP contribution in [0.15, 0.2) is 59.5 Å². The maximum atomic E-state index is 13.1. The Bertz CT molecular complexity index is 823. The van der Waals surface area contributed by atoms with Crippen LogP contribution in [0.25, 0.3) is 0 Å². The zero-order valence-electron chi connectivity index (χ0n) is 17.4. The second-order valence-electron chi connectivity index (χ2n) is 7.77. The van der Waals surface area contributed by atoms with E-state index in [1.807, 2.05) is 61.5 Å². The van der Waals surface area contributed by atoms with Crippen molar-refractivity contribution in [2.24, 2.45) is 0 Å². The number of hydrogen-bond acceptors (Lipinski definition) is 3. The topological polar surface area (TPSA) is 49.4 Å². The normalized spacial score (nSPS) is 15.4. The van der Waals surface area contributed by atoms with Gasteiger partial charge in [0.25, 0.3) is 0 Å². The third-order valence-corrected chi connectivity index (χ3v) is 6.74. The van der Waals surface area contributed by atoms with Crippen molar-refractivity contribution in [3.63, 3.8) is 0 Å². The number of hydrogen-bond donors (Lipinski definition) is 1. The predicted octanol–water partition coefficient (Wildman–Crippen LogP) is 5.30. The van der Waals surface area contributed by atoms with Gasteiger partial charge in [0.05, 0.1) is 5.75 Å². The molecule has 1 aliphatic carbocycles. The predicted molar refractivity (Wildman–Crippen MR) is 124 cm³/mol. The quantitative estimate of drug-likeness (QED) is 0.562. The number of carbonyl (C=O) groups is 2. The summed E-state index contributed by atoms with van der Waals surface area (Å²) in [5.74, 6) is 0.156. The van der Waals surface area contributed by atoms with Crippen LogP contribution in [0.2, 0.25) is 5.02 Å². The van der Waals surface area contributed by atoms with Crippen LogP contribution in [0.1, 0.15) is 44.6 Å². The molecule has 2 aromatic carbocycles. The van der Waals surface area contributed by atoms with Crippen molar-refractivity contribution < 1.29 is 9.59 Å². The smallest absolute Gasteiger partial charge is 0.242 e. The van der Waals surface area contributed by atoms with Crippen LogP contribution < -0.4 is 5.32 Å². The van der Waals surface area contributed by atoms with Gasteiger partial charge in [-0.2, -0.15) is 0 Å². The molecule has 1 aliphatic rings. The second kappa shape index (κ2) is 11.4. The highest BCUT2D eigenvalue weighted by Crippen LogP contribution is 2.22. The molecule has 0 aromatic heterocycles. The van der Waals surface area contributed by atoms with E-state index in [9.17, 15) is 9.59 Å². The van der Waals surface area contributed by atoms with Gasteiger partial charge >= 0.3 is 0 Å². The van der Waals surface area contributed by atoms with Gasteiger partial charge < -0.3 is 10.2 Å². The maximum absolute atomic E-state index is 13.1. The molecule has 0 spiro atoms. The highest BCUT2D eigenvalue weighted by molar-refractivity contribution is 8.00. The van der Waals surface area contributed by atoms with E-state index in [0.717, 1.165) is 36.1 Å². The molecule has 160 valence electrons. The van der Waals surface area contributed by atoms with E-state index >= 15 is 0 Å². The first-order chi connectivity index (χ1) is 14.5. The summed E-state index contributed by atoms with van der Waals surface area (Å²) >= 11 is 7.40. The molecule has 1 N–H and O–H groups in total. The third-order valence-electron chi connectivity index (χ3n) is 5.49. The molecule has 0 saturated heterocycles. The molecule has 1 fully saturated rings. The SMILES string of the molecule is C[C@@H](C(=O)NC1CCCCC1)N(Cc1ccccc1)C(=O)CSc1ccc(Cl)cc1. The van der Waals surface area contributed by atoms with E-state index in [-0.39, 0.29) is 23.6 Å². The molecule has 4 nitrogen and oxygen atoms in total. The van der Waals surface area contributed by atoms with Crippen LogP contribution >= 0.6 is 23.4 Å². The van der Waals surface area contributed by atoms with Crippen molar-refractivity contribution in [2.45, 2.75) is 62.6 Å². The minimum atomic E-state index is -0.523. The maximum Gasteiger partial charge on any atom is 0.242 e. The highest BCUT2D eigenvalue weighted by atomic mass is 35.5. The Morgan fingerprint density at radius 1 is 1.07 bits per heavy atom. The van der Waals surface area contributed by atoms with Crippen molar-refractivity contribution in [3.05, 3.63) is 65.2 Å². The summed E-state index contributed by atoms with van der Waals surface area (Å²) in [6, 6.07) is 17.0. The molecule has 2 amide bonds. The Labute approximate surface area is 188 Å². The molecular weight excluding hydrogens is 416 g/mol. The van der Waals surface area contributed by atoms with Gasteiger partial charge in [0.1, 0.15) is 6.04 Å². The number of amides is 2. The minimum absolute atomic E-state index is 0.0508. The van der Waals surface area contributed by atoms with Crippen LogP contribution in [0.3, 0.4) is 0 Å². The van der Waals surface area contributed by atoms with Gasteiger partial charge in [0.2, 0.25) is 11.8 Å². The average Bonchev–Trinajstić information content (AvgIpc) is 2.78. The van der Waals surface area contributed by atoms with Gasteiger partial charge in [-0.1, -0.05) is 61.2 Å². The van der Waals surface area contributed by atoms with Gasteiger partial charge in [-0.15, -0.1) is 11.8 Å². The molecule has 0 heterocycles. The Morgan fingerprint density at radius 2 is 1.73 bits per heavy atom. The molecule has 30 heavy (non-hydrogen) atoms. The van der Waals surface area contributed by atoms with Crippen molar-refractivity contribution >= 4 is 35.2 Å². The summed E-state index contributed by atoms with van der Waals surface area (Å²) in [4.78, 5) is 28.7. The molecule has 0 aliphatic heterocycles. The molecule has 6 heteroatoms. The van der Waals surface area contributed by atoms with Crippen molar-refractivity contribution in [1.29, 1.82) is 0 Å². The highest BCUT2D eigenvalue weighted by Gasteiger charge is 2.28. The number of nitrogens with zero attached hydrogens (tertiary/aromatic N) is 1. The lowest BCUT2D eigenvalue weighted by Crippen LogP contribution is -2.50. The van der Waals surface area contributed by atoms with Crippen LogP contribution in [-0.2, 0) is 16.1 Å². The molecule has 1 atom stereocenters. The standard InChI is InChI=1S/C24H29ClN2O2S/c1-18(24(29)26-21-10-6-3-7-11-21)27(16-19-8-4-2-5-9-19)23(28)17-30-22-14-12-20(25)13-15-22/h2,4-5,8-9,12-15,18,21H,3,6-7,10-11,16-17H2,1H3,(H,26,29)/t18-/m0/s1. The summed E-state index contributed by atoms with van der Waals surface area (Å²) in [6.07, 6.45) is 5.60. The Morgan fingerprint density at radius 3 is 2.40 bits per heavy atom. The lowest BCUT2D eigenvalue weighted by atomic mass is 9.95. The van der Waals surface area contributed by atoms with E-state index < -0.39 is 6.04 Å². The average molecular weight is 445 g/mol. The largest absolute Gasteiger partial charge is 0.352 e. The Kier molecular flexibility index (Phi) is 8.64. The van der Waals surface area contributed by atoms with Crippen LogP contribution in [0.4, 0.5) is 0 Å². The van der Waals surface area contributed by atoms with E-state index in [1.165, 1.54) is 18.2 Å². The molecule has 0 radical (unpaired) electrons. The van der Waals surface area contributed by atoms with E-state index in [4.69, 9.17) is 11.6 Å². The first-order valence-electron chi connectivity index (χ1n) is 10.5. The molecular formula is C24H29ClN2O2S. The lowest BCUT2D eigenvalue weighted by Gasteiger charge is -2.31. The number of thioether (sulfide) groups is 1. The summed E-state index contributed by atoms with van der Waals surface area (Å²) in [6.45, 7) is 2.24. The molecule has 2 aromatic rings. The zero-order valence-corrected chi connectivity index (χ0v) is 18.9. The number of nitrogens with one attached hydrogen (secondary N) is 1. The van der Waals surface area contributed by atoms with E-state index in [0.29, 0.717) is 11.6 Å². The monoisotopic (exact) mass is 444 g/mol. The van der Waals surface area contributed by atoms with Gasteiger partial charge in [0, 0.05) is 22.5 Å². The summed E-state index contributed by atoms with van der Waals surface area (Å²) in [5, 5.41) is 3.84. The molecule has 3 rings (SSSR count). The Balaban J connectivity index is 1.67. The van der Waals surface area contributed by atoms with Crippen molar-refractivity contribution in [1.82, 2.24) is 10.2 Å². The number of halogens is 1. The number of carbonyl (C=O) groups excluding carboxylic acids is 2. The lowest BCUT2D eigenvalue weighted by molar-refractivity contribution is -0.139. The Hall–Kier alpha value is -1.98. The zero-order chi connectivity index (χ0) is 21.3. The third kappa shape index (κ3) is 6.78. The second-order valence-corrected chi connectivity index (χ2v) is 9.25. The number of rotatable bonds is 8. The van der Waals surface area contributed by atoms with Crippen molar-refractivity contribution in [3.8, 4) is 0 Å². The summed E-state index contributed by atoms with van der Waals surface area (Å²) in [7, 11) is 0. The summed E-state index contributed by atoms with van der Waals surface area (Å²) < 4.78 is 0. The van der Waals surface area contributed by atoms with Gasteiger partial charge in [-0.05, 0) is 49.6 Å².